The molecular weight excluding hydrogens is 364 g/mol. The molecule has 0 saturated carbocycles. The van der Waals surface area contributed by atoms with Gasteiger partial charge in [0, 0.05) is 28.3 Å². The number of fused-ring (bicyclic) bond motifs is 3. The Labute approximate surface area is 179 Å². The van der Waals surface area contributed by atoms with E-state index in [1.807, 2.05) is 6.20 Å². The van der Waals surface area contributed by atoms with Crippen LogP contribution in [-0.2, 0) is 11.8 Å². The molecule has 5 rings (SSSR count). The number of nitrogens with zero attached hydrogens (tertiary/aromatic N) is 2. The van der Waals surface area contributed by atoms with Crippen LogP contribution in [0.25, 0.3) is 32.8 Å². The molecule has 30 heavy (non-hydrogen) atoms. The summed E-state index contributed by atoms with van der Waals surface area (Å²) in [5, 5.41) is 5.09. The van der Waals surface area contributed by atoms with E-state index in [9.17, 15) is 0 Å². The highest BCUT2D eigenvalue weighted by molar-refractivity contribution is 6.03. The first-order chi connectivity index (χ1) is 14.0. The van der Waals surface area contributed by atoms with Crippen molar-refractivity contribution in [1.29, 1.82) is 0 Å². The molecule has 2 heteroatoms. The molecule has 152 valence electrons. The summed E-state index contributed by atoms with van der Waals surface area (Å²) in [7, 11) is 0. The van der Waals surface area contributed by atoms with Crippen LogP contribution in [0.15, 0.2) is 42.6 Å². The van der Waals surface area contributed by atoms with Crippen molar-refractivity contribution < 1.29 is 0 Å². The third-order valence-corrected chi connectivity index (χ3v) is 6.47. The number of hydrogen-bond acceptors (Lipinski definition) is 2. The minimum absolute atomic E-state index is 0.178. The summed E-state index contributed by atoms with van der Waals surface area (Å²) in [6, 6.07) is 13.7. The molecule has 4 aromatic rings. The normalized spacial score (nSPS) is 14.9. The van der Waals surface area contributed by atoms with Crippen LogP contribution >= 0.6 is 0 Å². The average Bonchev–Trinajstić information content (AvgIpc) is 2.63. The Morgan fingerprint density at radius 2 is 1.70 bits per heavy atom. The van der Waals surface area contributed by atoms with Crippen molar-refractivity contribution in [1.82, 2.24) is 9.97 Å². The van der Waals surface area contributed by atoms with Gasteiger partial charge in [0.15, 0.2) is 0 Å². The minimum Gasteiger partial charge on any atom is -0.256 e. The molecule has 2 aromatic carbocycles. The molecule has 0 saturated heterocycles. The van der Waals surface area contributed by atoms with Gasteiger partial charge in [-0.15, -0.1) is 0 Å². The van der Waals surface area contributed by atoms with Gasteiger partial charge in [-0.05, 0) is 77.2 Å². The Bertz CT molecular complexity index is 1340. The highest BCUT2D eigenvalue weighted by atomic mass is 14.8. The molecule has 0 spiro atoms. The summed E-state index contributed by atoms with van der Waals surface area (Å²) in [4.78, 5) is 10.1. The predicted octanol–water partition coefficient (Wildman–Crippen LogP) is 7.29. The lowest BCUT2D eigenvalue weighted by molar-refractivity contribution is 0.405. The number of aromatic nitrogens is 2. The van der Waals surface area contributed by atoms with Crippen LogP contribution < -0.4 is 0 Å². The maximum absolute atomic E-state index is 5.25. The zero-order chi connectivity index (χ0) is 21.4. The Balaban J connectivity index is 1.88. The highest BCUT2D eigenvalue weighted by Crippen LogP contribution is 2.48. The maximum Gasteiger partial charge on any atom is 0.0802 e. The van der Waals surface area contributed by atoms with E-state index in [2.05, 4.69) is 84.9 Å². The van der Waals surface area contributed by atoms with E-state index < -0.39 is 0 Å². The van der Waals surface area contributed by atoms with Gasteiger partial charge in [0.05, 0.1) is 11.4 Å². The molecule has 2 heterocycles. The van der Waals surface area contributed by atoms with Crippen molar-refractivity contribution in [3.63, 3.8) is 0 Å². The first-order valence-electron chi connectivity index (χ1n) is 10.9. The number of rotatable bonds is 1. The second-order valence-electron chi connectivity index (χ2n) is 10.8. The maximum atomic E-state index is 5.25. The lowest BCUT2D eigenvalue weighted by Crippen LogP contribution is -2.26. The first-order valence-corrected chi connectivity index (χ1v) is 10.9. The van der Waals surface area contributed by atoms with Gasteiger partial charge in [0.1, 0.15) is 0 Å². The second kappa shape index (κ2) is 6.14. The van der Waals surface area contributed by atoms with E-state index in [-0.39, 0.29) is 10.8 Å². The Hall–Kier alpha value is -2.74. The number of benzene rings is 2. The lowest BCUT2D eigenvalue weighted by Gasteiger charge is -2.34. The minimum atomic E-state index is -0.178. The summed E-state index contributed by atoms with van der Waals surface area (Å²) in [6.07, 6.45) is 2.92. The van der Waals surface area contributed by atoms with E-state index in [0.29, 0.717) is 0 Å². The Morgan fingerprint density at radius 1 is 0.933 bits per heavy atom. The summed E-state index contributed by atoms with van der Waals surface area (Å²) >= 11 is 0. The van der Waals surface area contributed by atoms with Crippen molar-refractivity contribution in [3.05, 3.63) is 70.7 Å². The van der Waals surface area contributed by atoms with Gasteiger partial charge < -0.3 is 0 Å². The number of aryl methyl sites for hydroxylation is 2. The molecule has 0 amide bonds. The van der Waals surface area contributed by atoms with Crippen LogP contribution in [0.5, 0.6) is 0 Å². The summed E-state index contributed by atoms with van der Waals surface area (Å²) in [6.45, 7) is 15.9. The van der Waals surface area contributed by atoms with Crippen LogP contribution in [0.4, 0.5) is 0 Å². The lowest BCUT2D eigenvalue weighted by atomic mass is 9.71. The van der Waals surface area contributed by atoms with Crippen molar-refractivity contribution in [3.8, 4) is 11.3 Å². The summed E-state index contributed by atoms with van der Waals surface area (Å²) in [5.41, 5.74) is 8.65. The molecule has 0 aliphatic heterocycles. The number of pyridine rings is 2. The van der Waals surface area contributed by atoms with Gasteiger partial charge in [-0.25, -0.2) is 0 Å². The third-order valence-electron chi connectivity index (χ3n) is 6.47. The number of hydrogen-bond donors (Lipinski definition) is 0. The van der Waals surface area contributed by atoms with Gasteiger partial charge in [0.2, 0.25) is 0 Å². The van der Waals surface area contributed by atoms with Gasteiger partial charge in [-0.3, -0.25) is 9.97 Å². The molecule has 0 atom stereocenters. The molecule has 0 fully saturated rings. The van der Waals surface area contributed by atoms with Crippen molar-refractivity contribution in [2.75, 3.05) is 0 Å². The van der Waals surface area contributed by atoms with Gasteiger partial charge >= 0.3 is 0 Å². The summed E-state index contributed by atoms with van der Waals surface area (Å²) in [5.74, 6) is 0. The first kappa shape index (κ1) is 19.2. The monoisotopic (exact) mass is 394 g/mol. The van der Waals surface area contributed by atoms with E-state index in [1.54, 1.807) is 0 Å². The van der Waals surface area contributed by atoms with Gasteiger partial charge in [-0.2, -0.15) is 0 Å². The molecule has 0 radical (unpaired) electrons. The quantitative estimate of drug-likeness (QED) is 0.338. The predicted molar refractivity (Wildman–Crippen MR) is 127 cm³/mol. The average molecular weight is 395 g/mol. The van der Waals surface area contributed by atoms with Crippen molar-refractivity contribution in [2.24, 2.45) is 5.41 Å². The van der Waals surface area contributed by atoms with Gasteiger partial charge in [-0.1, -0.05) is 52.3 Å². The van der Waals surface area contributed by atoms with Crippen LogP contribution in [-0.4, -0.2) is 9.97 Å². The standard InChI is InChI=1S/C28H30N2/c1-16-10-17(2)21-14-23-22(13-19(21)11-16)25-24-18(8-9-29-25)12-20(15-27(3,4)5)30-26(24)28(23,6)7/h8-14H,15H2,1-7H3. The zero-order valence-electron chi connectivity index (χ0n) is 19.1. The fourth-order valence-electron chi connectivity index (χ4n) is 5.17. The van der Waals surface area contributed by atoms with Crippen LogP contribution in [0.3, 0.4) is 0 Å². The Kier molecular flexibility index (Phi) is 3.93. The molecular formula is C28H30N2. The molecule has 0 N–H and O–H groups in total. The second-order valence-corrected chi connectivity index (χ2v) is 10.8. The molecule has 1 aliphatic rings. The third kappa shape index (κ3) is 2.85. The molecule has 2 aromatic heterocycles. The highest BCUT2D eigenvalue weighted by Gasteiger charge is 2.36. The van der Waals surface area contributed by atoms with E-state index in [4.69, 9.17) is 9.97 Å². The Morgan fingerprint density at radius 3 is 2.43 bits per heavy atom. The van der Waals surface area contributed by atoms with E-state index in [1.165, 1.54) is 55.2 Å². The van der Waals surface area contributed by atoms with Crippen LogP contribution in [0.1, 0.15) is 62.7 Å². The largest absolute Gasteiger partial charge is 0.256 e. The molecule has 0 bridgehead atoms. The van der Waals surface area contributed by atoms with Crippen LogP contribution in [0.2, 0.25) is 0 Å². The van der Waals surface area contributed by atoms with Crippen LogP contribution in [0, 0.1) is 19.3 Å². The zero-order valence-corrected chi connectivity index (χ0v) is 19.1. The summed E-state index contributed by atoms with van der Waals surface area (Å²) < 4.78 is 0. The SMILES string of the molecule is Cc1cc(C)c2cc3c(cc2c1)-c1nccc2cc(CC(C)(C)C)nc(c12)C3(C)C. The molecule has 1 aliphatic carbocycles. The fourth-order valence-corrected chi connectivity index (χ4v) is 5.17. The molecule has 0 unspecified atom stereocenters. The smallest absolute Gasteiger partial charge is 0.0802 e. The fraction of sp³-hybridized carbons (Fsp3) is 0.357. The molecule has 2 nitrogen and oxygen atoms in total. The van der Waals surface area contributed by atoms with E-state index >= 15 is 0 Å². The van der Waals surface area contributed by atoms with E-state index in [0.717, 1.165) is 12.1 Å². The van der Waals surface area contributed by atoms with Gasteiger partial charge in [0.25, 0.3) is 0 Å². The topological polar surface area (TPSA) is 25.8 Å². The van der Waals surface area contributed by atoms with Crippen molar-refractivity contribution >= 4 is 21.5 Å². The van der Waals surface area contributed by atoms with Crippen molar-refractivity contribution in [2.45, 2.75) is 60.3 Å².